The number of nitrogens with zero attached hydrogens (tertiary/aromatic N) is 3. The Balaban J connectivity index is 1.90. The van der Waals surface area contributed by atoms with Gasteiger partial charge < -0.3 is 14.3 Å². The van der Waals surface area contributed by atoms with Crippen LogP contribution in [0, 0.1) is 11.3 Å². The highest BCUT2D eigenvalue weighted by Crippen LogP contribution is 2.36. The van der Waals surface area contributed by atoms with E-state index in [1.807, 2.05) is 4.57 Å². The zero-order chi connectivity index (χ0) is 26.3. The molecule has 5 aromatic rings. The van der Waals surface area contributed by atoms with Crippen LogP contribution >= 0.6 is 0 Å². The molecule has 0 unspecified atom stereocenters. The van der Waals surface area contributed by atoms with Gasteiger partial charge in [-0.1, -0.05) is 19.4 Å². The predicted molar refractivity (Wildman–Crippen MR) is 140 cm³/mol. The molecule has 0 saturated heterocycles. The van der Waals surface area contributed by atoms with Crippen molar-refractivity contribution in [3.8, 4) is 22.9 Å². The Hall–Kier alpha value is -4.23. The lowest BCUT2D eigenvalue weighted by atomic mass is 10.0. The molecule has 0 radical (unpaired) electrons. The van der Waals surface area contributed by atoms with E-state index in [4.69, 9.17) is 4.74 Å². The molecule has 1 N–H and O–H groups in total. The molecule has 8 nitrogen and oxygen atoms in total. The van der Waals surface area contributed by atoms with Crippen molar-refractivity contribution < 1.29 is 17.0 Å². The zero-order valence-corrected chi connectivity index (χ0v) is 21.0. The summed E-state index contributed by atoms with van der Waals surface area (Å²) in [6, 6.07) is 11.9. The van der Waals surface area contributed by atoms with Crippen LogP contribution in [0.5, 0.6) is 5.75 Å². The first-order valence-electron chi connectivity index (χ1n) is 11.9. The fourth-order valence-electron chi connectivity index (χ4n) is 4.66. The molecule has 0 aliphatic carbocycles. The van der Waals surface area contributed by atoms with Crippen molar-refractivity contribution in [1.29, 1.82) is 5.26 Å². The van der Waals surface area contributed by atoms with Gasteiger partial charge in [-0.25, -0.2) is 0 Å². The Kier molecular flexibility index (Phi) is 6.17. The molecule has 5 rings (SSSR count). The summed E-state index contributed by atoms with van der Waals surface area (Å²) in [4.78, 5) is 20.5. The number of H-pyrrole nitrogens is 1. The van der Waals surface area contributed by atoms with Gasteiger partial charge in [-0.15, -0.1) is 3.89 Å². The zero-order valence-electron chi connectivity index (χ0n) is 20.2. The van der Waals surface area contributed by atoms with Crippen LogP contribution in [-0.4, -0.2) is 29.6 Å². The van der Waals surface area contributed by atoms with Gasteiger partial charge in [0.2, 0.25) is 0 Å². The number of halogens is 1. The van der Waals surface area contributed by atoms with Crippen LogP contribution in [-0.2, 0) is 16.8 Å². The highest BCUT2D eigenvalue weighted by Gasteiger charge is 2.21. The molecule has 3 aromatic heterocycles. The molecule has 188 valence electrons. The van der Waals surface area contributed by atoms with Crippen molar-refractivity contribution in [2.75, 3.05) is 6.61 Å². The van der Waals surface area contributed by atoms with E-state index in [1.165, 1.54) is 12.3 Å². The number of unbranched alkanes of at least 4 members (excludes halogenated alkanes) is 1. The Morgan fingerprint density at radius 2 is 1.95 bits per heavy atom. The van der Waals surface area contributed by atoms with Gasteiger partial charge in [-0.05, 0) is 43.7 Å². The van der Waals surface area contributed by atoms with Crippen molar-refractivity contribution in [3.05, 3.63) is 64.6 Å². The number of hydrogen-bond donors (Lipinski definition) is 1. The topological polar surface area (TPSA) is 118 Å². The van der Waals surface area contributed by atoms with Gasteiger partial charge in [0.1, 0.15) is 16.3 Å². The number of nitriles is 1. The van der Waals surface area contributed by atoms with Crippen LogP contribution in [0.2, 0.25) is 0 Å². The molecule has 0 atom stereocenters. The summed E-state index contributed by atoms with van der Waals surface area (Å²) in [6.07, 6.45) is 4.13. The molecule has 10 heteroatoms. The van der Waals surface area contributed by atoms with Crippen LogP contribution in [0.4, 0.5) is 3.89 Å². The number of pyridine rings is 2. The van der Waals surface area contributed by atoms with E-state index in [0.717, 1.165) is 24.4 Å². The molecular formula is C27H23FN4O4S. The van der Waals surface area contributed by atoms with Crippen LogP contribution in [0.1, 0.15) is 32.3 Å². The number of hydrogen-bond acceptors (Lipinski definition) is 6. The molecule has 0 saturated carbocycles. The lowest BCUT2D eigenvalue weighted by molar-refractivity contribution is 0.342. The fraction of sp³-hybridized carbons (Fsp3) is 0.222. The largest absolute Gasteiger partial charge is 0.493 e. The van der Waals surface area contributed by atoms with E-state index in [-0.39, 0.29) is 5.43 Å². The number of nitrogens with one attached hydrogen (secondary N) is 1. The first kappa shape index (κ1) is 24.5. The van der Waals surface area contributed by atoms with Gasteiger partial charge in [0.15, 0.2) is 5.43 Å². The van der Waals surface area contributed by atoms with E-state index < -0.39 is 15.1 Å². The second kappa shape index (κ2) is 9.33. The number of aromatic nitrogens is 3. The quantitative estimate of drug-likeness (QED) is 0.287. The monoisotopic (exact) mass is 518 g/mol. The van der Waals surface area contributed by atoms with Crippen molar-refractivity contribution in [2.45, 2.75) is 38.1 Å². The van der Waals surface area contributed by atoms with Crippen molar-refractivity contribution in [3.63, 3.8) is 0 Å². The molecule has 0 fully saturated rings. The van der Waals surface area contributed by atoms with Crippen LogP contribution in [0.3, 0.4) is 0 Å². The van der Waals surface area contributed by atoms with Crippen LogP contribution < -0.4 is 10.2 Å². The summed E-state index contributed by atoms with van der Waals surface area (Å²) in [5.74, 6) is 0.357. The number of fused-ring (bicyclic) bond motifs is 4. The van der Waals surface area contributed by atoms with Gasteiger partial charge >= 0.3 is 10.2 Å². The Morgan fingerprint density at radius 3 is 2.65 bits per heavy atom. The second-order valence-corrected chi connectivity index (χ2v) is 10.0. The minimum Gasteiger partial charge on any atom is -0.493 e. The summed E-state index contributed by atoms with van der Waals surface area (Å²) < 4.78 is 44.7. The highest BCUT2D eigenvalue weighted by atomic mass is 32.3. The Bertz CT molecular complexity index is 1900. The molecule has 0 amide bonds. The third-order valence-corrected chi connectivity index (χ3v) is 7.17. The second-order valence-electron chi connectivity index (χ2n) is 8.70. The maximum atomic E-state index is 13.8. The summed E-state index contributed by atoms with van der Waals surface area (Å²) in [5, 5.41) is 11.0. The molecule has 3 heterocycles. The fourth-order valence-corrected chi connectivity index (χ4v) is 5.12. The average molecular weight is 519 g/mol. The first-order valence-corrected chi connectivity index (χ1v) is 13.2. The van der Waals surface area contributed by atoms with Crippen LogP contribution in [0.25, 0.3) is 44.0 Å². The van der Waals surface area contributed by atoms with Gasteiger partial charge in [-0.2, -0.15) is 13.7 Å². The lowest BCUT2D eigenvalue weighted by Crippen LogP contribution is -2.12. The average Bonchev–Trinajstić information content (AvgIpc) is 3.27. The maximum absolute atomic E-state index is 13.8. The standard InChI is InChI=1S/C27H23FN4O4S/c1-3-5-8-32-23-11-20(17-10-18(15-30-14-17)37(28,34)35)24(36-4-2)12-21(23)26(33)25-19-7-6-16(13-29)9-22(19)31-27(25)32/h6-7,9-12,14-15,31H,3-5,8H2,1-2H3. The molecular weight excluding hydrogens is 495 g/mol. The van der Waals surface area contributed by atoms with E-state index in [0.29, 0.717) is 63.0 Å². The SMILES string of the molecule is CCCCn1c2cc(-c3cncc(S(=O)(=O)F)c3)c(OCC)cc2c(=O)c2c3ccc(C#N)cc3[nH]c21. The number of rotatable bonds is 7. The number of benzene rings is 2. The van der Waals surface area contributed by atoms with Gasteiger partial charge in [0.05, 0.1) is 34.5 Å². The molecule has 0 aliphatic heterocycles. The minimum atomic E-state index is -4.96. The third-order valence-electron chi connectivity index (χ3n) is 6.38. The van der Waals surface area contributed by atoms with Gasteiger partial charge in [0.25, 0.3) is 0 Å². The summed E-state index contributed by atoms with van der Waals surface area (Å²) in [6.45, 7) is 4.76. The van der Waals surface area contributed by atoms with E-state index in [9.17, 15) is 22.4 Å². The summed E-state index contributed by atoms with van der Waals surface area (Å²) in [5.41, 5.74) is 3.04. The van der Waals surface area contributed by atoms with Gasteiger partial charge in [0, 0.05) is 41.0 Å². The lowest BCUT2D eigenvalue weighted by Gasteiger charge is -2.17. The van der Waals surface area contributed by atoms with E-state index >= 15 is 0 Å². The number of aromatic amines is 1. The highest BCUT2D eigenvalue weighted by molar-refractivity contribution is 7.86. The predicted octanol–water partition coefficient (Wildman–Crippen LogP) is 5.43. The maximum Gasteiger partial charge on any atom is 0.333 e. The van der Waals surface area contributed by atoms with Crippen molar-refractivity contribution in [2.24, 2.45) is 0 Å². The molecule has 0 bridgehead atoms. The van der Waals surface area contributed by atoms with Crippen molar-refractivity contribution >= 4 is 43.1 Å². The normalized spacial score (nSPS) is 11.8. The van der Waals surface area contributed by atoms with Gasteiger partial charge in [-0.3, -0.25) is 9.78 Å². The van der Waals surface area contributed by atoms with Crippen molar-refractivity contribution in [1.82, 2.24) is 14.5 Å². The number of aryl methyl sites for hydroxylation is 1. The molecule has 0 spiro atoms. The van der Waals surface area contributed by atoms with E-state index in [2.05, 4.69) is 23.0 Å². The smallest absolute Gasteiger partial charge is 0.333 e. The summed E-state index contributed by atoms with van der Waals surface area (Å²) >= 11 is 0. The molecule has 2 aromatic carbocycles. The number of ether oxygens (including phenoxy) is 1. The first-order chi connectivity index (χ1) is 17.8. The molecule has 37 heavy (non-hydrogen) atoms. The van der Waals surface area contributed by atoms with Crippen LogP contribution in [0.15, 0.2) is 58.5 Å². The molecule has 0 aliphatic rings. The Labute approximate surface area is 212 Å². The summed E-state index contributed by atoms with van der Waals surface area (Å²) in [7, 11) is -4.96. The third kappa shape index (κ3) is 4.21. The minimum absolute atomic E-state index is 0.195. The Morgan fingerprint density at radius 1 is 1.14 bits per heavy atom. The van der Waals surface area contributed by atoms with E-state index in [1.54, 1.807) is 37.3 Å².